The molecule has 0 amide bonds. The highest BCUT2D eigenvalue weighted by atomic mass is 79.9. The van der Waals surface area contributed by atoms with Crippen molar-refractivity contribution in [1.29, 1.82) is 0 Å². The third-order valence-electron chi connectivity index (χ3n) is 2.33. The molecule has 5 nitrogen and oxygen atoms in total. The van der Waals surface area contributed by atoms with E-state index in [-0.39, 0.29) is 12.4 Å². The van der Waals surface area contributed by atoms with Gasteiger partial charge in [-0.15, -0.1) is 0 Å². The molecule has 1 aromatic heterocycles. The van der Waals surface area contributed by atoms with Crippen LogP contribution in [0.15, 0.2) is 27.6 Å². The Hall–Kier alpha value is -1.40. The largest absolute Gasteiger partial charge is 0.466 e. The highest BCUT2D eigenvalue weighted by Gasteiger charge is 2.07. The number of aromatic nitrogens is 2. The van der Waals surface area contributed by atoms with Crippen LogP contribution >= 0.6 is 15.9 Å². The zero-order chi connectivity index (χ0) is 12.4. The Morgan fingerprint density at radius 1 is 1.47 bits per heavy atom. The molecule has 0 spiro atoms. The van der Waals surface area contributed by atoms with E-state index in [2.05, 4.69) is 21.0 Å². The van der Waals surface area contributed by atoms with E-state index < -0.39 is 0 Å². The fourth-order valence-corrected chi connectivity index (χ4v) is 1.93. The molecule has 17 heavy (non-hydrogen) atoms. The number of ether oxygens (including phenoxy) is 2. The molecular weight excluding hydrogens is 288 g/mol. The molecule has 0 aliphatic heterocycles. The van der Waals surface area contributed by atoms with Gasteiger partial charge >= 0.3 is 0 Å². The lowest BCUT2D eigenvalue weighted by Gasteiger charge is -2.08. The molecule has 0 aliphatic carbocycles. The Morgan fingerprint density at radius 3 is 2.94 bits per heavy atom. The Balaban J connectivity index is 2.58. The van der Waals surface area contributed by atoms with Crippen molar-refractivity contribution < 1.29 is 9.47 Å². The molecule has 0 bridgehead atoms. The van der Waals surface area contributed by atoms with E-state index in [4.69, 9.17) is 9.47 Å². The summed E-state index contributed by atoms with van der Waals surface area (Å²) >= 11 is 3.36. The summed E-state index contributed by atoms with van der Waals surface area (Å²) in [6.07, 6.45) is 1.63. The highest BCUT2D eigenvalue weighted by Crippen LogP contribution is 2.28. The molecular formula is C11H11BrN2O3. The van der Waals surface area contributed by atoms with Gasteiger partial charge in [0.05, 0.1) is 16.1 Å². The zero-order valence-corrected chi connectivity index (χ0v) is 11.0. The van der Waals surface area contributed by atoms with Gasteiger partial charge in [0.1, 0.15) is 5.75 Å². The topological polar surface area (TPSA) is 53.4 Å². The zero-order valence-electron chi connectivity index (χ0n) is 9.44. The van der Waals surface area contributed by atoms with Gasteiger partial charge in [0.2, 0.25) is 0 Å². The minimum absolute atomic E-state index is 0.138. The predicted molar refractivity (Wildman–Crippen MR) is 67.2 cm³/mol. The fraction of sp³-hybridized carbons (Fsp3) is 0.273. The van der Waals surface area contributed by atoms with E-state index in [1.165, 1.54) is 4.68 Å². The van der Waals surface area contributed by atoms with Crippen LogP contribution in [-0.2, 0) is 11.8 Å². The molecule has 2 aromatic rings. The first-order valence-corrected chi connectivity index (χ1v) is 5.70. The number of methoxy groups -OCH3 is 1. The number of fused-ring (bicyclic) bond motifs is 1. The van der Waals surface area contributed by atoms with E-state index in [0.29, 0.717) is 15.6 Å². The molecule has 0 saturated heterocycles. The first-order chi connectivity index (χ1) is 8.13. The van der Waals surface area contributed by atoms with Crippen LogP contribution < -0.4 is 10.3 Å². The lowest BCUT2D eigenvalue weighted by molar-refractivity contribution is 0.0507. The first kappa shape index (κ1) is 12.1. The van der Waals surface area contributed by atoms with Crippen LogP contribution in [0, 0.1) is 0 Å². The van der Waals surface area contributed by atoms with Crippen LogP contribution in [0.4, 0.5) is 0 Å². The van der Waals surface area contributed by atoms with Crippen LogP contribution in [0.3, 0.4) is 0 Å². The summed E-state index contributed by atoms with van der Waals surface area (Å²) < 4.78 is 12.2. The monoisotopic (exact) mass is 298 g/mol. The Morgan fingerprint density at radius 2 is 2.24 bits per heavy atom. The fourth-order valence-electron chi connectivity index (χ4n) is 1.47. The molecule has 0 saturated carbocycles. The minimum Gasteiger partial charge on any atom is -0.466 e. The van der Waals surface area contributed by atoms with Gasteiger partial charge in [0.25, 0.3) is 5.56 Å². The first-order valence-electron chi connectivity index (χ1n) is 4.91. The number of hydrogen-bond donors (Lipinski definition) is 0. The van der Waals surface area contributed by atoms with Crippen molar-refractivity contribution in [3.05, 3.63) is 33.2 Å². The van der Waals surface area contributed by atoms with E-state index in [1.54, 1.807) is 32.5 Å². The standard InChI is InChI=1S/C11H11BrN2O3/c1-14-11(15)8-4-9(12)10(17-6-16-2)3-7(8)5-13-14/h3-5H,6H2,1-2H3. The van der Waals surface area contributed by atoms with Crippen LogP contribution in [0.1, 0.15) is 0 Å². The quantitative estimate of drug-likeness (QED) is 0.809. The van der Waals surface area contributed by atoms with Crippen molar-refractivity contribution in [2.75, 3.05) is 13.9 Å². The number of aryl methyl sites for hydroxylation is 1. The van der Waals surface area contributed by atoms with Gasteiger partial charge in [0.15, 0.2) is 6.79 Å². The molecule has 90 valence electrons. The average Bonchev–Trinajstić information content (AvgIpc) is 2.32. The molecule has 6 heteroatoms. The second-order valence-corrected chi connectivity index (χ2v) is 4.35. The Kier molecular flexibility index (Phi) is 3.44. The van der Waals surface area contributed by atoms with Gasteiger partial charge in [-0.3, -0.25) is 4.79 Å². The Bertz CT molecular complexity index is 609. The molecule has 2 rings (SSSR count). The normalized spacial score (nSPS) is 10.8. The van der Waals surface area contributed by atoms with Crippen molar-refractivity contribution in [2.24, 2.45) is 7.05 Å². The summed E-state index contributed by atoms with van der Waals surface area (Å²) in [6.45, 7) is 0.155. The van der Waals surface area contributed by atoms with Crippen molar-refractivity contribution in [3.63, 3.8) is 0 Å². The molecule has 0 radical (unpaired) electrons. The van der Waals surface area contributed by atoms with Crippen molar-refractivity contribution in [3.8, 4) is 5.75 Å². The highest BCUT2D eigenvalue weighted by molar-refractivity contribution is 9.10. The summed E-state index contributed by atoms with van der Waals surface area (Å²) in [5, 5.41) is 5.29. The van der Waals surface area contributed by atoms with Crippen LogP contribution in [0.25, 0.3) is 10.8 Å². The molecule has 0 aliphatic rings. The summed E-state index contributed by atoms with van der Waals surface area (Å²) in [5.74, 6) is 0.620. The predicted octanol–water partition coefficient (Wildman–Crippen LogP) is 1.68. The maximum Gasteiger partial charge on any atom is 0.274 e. The van der Waals surface area contributed by atoms with E-state index in [1.807, 2.05) is 0 Å². The molecule has 0 unspecified atom stereocenters. The third-order valence-corrected chi connectivity index (χ3v) is 2.95. The molecule has 1 heterocycles. The van der Waals surface area contributed by atoms with Gasteiger partial charge in [-0.2, -0.15) is 5.10 Å². The van der Waals surface area contributed by atoms with E-state index >= 15 is 0 Å². The summed E-state index contributed by atoms with van der Waals surface area (Å²) in [5.41, 5.74) is -0.138. The third kappa shape index (κ3) is 2.32. The van der Waals surface area contributed by atoms with Gasteiger partial charge in [-0.25, -0.2) is 4.68 Å². The van der Waals surface area contributed by atoms with Crippen LogP contribution in [0.2, 0.25) is 0 Å². The second kappa shape index (κ2) is 4.85. The van der Waals surface area contributed by atoms with Crippen LogP contribution in [0.5, 0.6) is 5.75 Å². The van der Waals surface area contributed by atoms with Gasteiger partial charge in [-0.05, 0) is 28.1 Å². The number of halogens is 1. The van der Waals surface area contributed by atoms with Crippen molar-refractivity contribution >= 4 is 26.7 Å². The maximum atomic E-state index is 11.8. The number of hydrogen-bond acceptors (Lipinski definition) is 4. The molecule has 0 fully saturated rings. The number of benzene rings is 1. The molecule has 0 N–H and O–H groups in total. The lowest BCUT2D eigenvalue weighted by Crippen LogP contribution is -2.19. The Labute approximate surface area is 106 Å². The average molecular weight is 299 g/mol. The smallest absolute Gasteiger partial charge is 0.274 e. The number of rotatable bonds is 3. The van der Waals surface area contributed by atoms with Gasteiger partial charge in [-0.1, -0.05) is 0 Å². The van der Waals surface area contributed by atoms with Gasteiger partial charge in [0, 0.05) is 19.5 Å². The van der Waals surface area contributed by atoms with Crippen LogP contribution in [-0.4, -0.2) is 23.7 Å². The second-order valence-electron chi connectivity index (χ2n) is 3.49. The summed E-state index contributed by atoms with van der Waals surface area (Å²) in [4.78, 5) is 11.8. The summed E-state index contributed by atoms with van der Waals surface area (Å²) in [6, 6.07) is 3.48. The number of nitrogens with zero attached hydrogens (tertiary/aromatic N) is 2. The minimum atomic E-state index is -0.138. The summed E-state index contributed by atoms with van der Waals surface area (Å²) in [7, 11) is 3.16. The van der Waals surface area contributed by atoms with Crippen molar-refractivity contribution in [1.82, 2.24) is 9.78 Å². The van der Waals surface area contributed by atoms with Crippen molar-refractivity contribution in [2.45, 2.75) is 0 Å². The lowest BCUT2D eigenvalue weighted by atomic mass is 10.2. The van der Waals surface area contributed by atoms with Gasteiger partial charge < -0.3 is 9.47 Å². The molecule has 1 aromatic carbocycles. The van der Waals surface area contributed by atoms with E-state index in [0.717, 1.165) is 5.39 Å². The SMILES string of the molecule is COCOc1cc2cnn(C)c(=O)c2cc1Br. The molecule has 0 atom stereocenters. The maximum absolute atomic E-state index is 11.8. The van der Waals surface area contributed by atoms with E-state index in [9.17, 15) is 4.79 Å².